The van der Waals surface area contributed by atoms with Gasteiger partial charge in [-0.15, -0.1) is 11.6 Å². The molecule has 0 nitrogen and oxygen atoms in total. The summed E-state index contributed by atoms with van der Waals surface area (Å²) >= 11 is 5.54. The van der Waals surface area contributed by atoms with Crippen molar-refractivity contribution in [1.82, 2.24) is 0 Å². The van der Waals surface area contributed by atoms with Gasteiger partial charge in [-0.1, -0.05) is 24.3 Å². The van der Waals surface area contributed by atoms with Crippen LogP contribution in [0.15, 0.2) is 24.3 Å². The number of hydrogen-bond donors (Lipinski definition) is 0. The summed E-state index contributed by atoms with van der Waals surface area (Å²) in [5.74, 6) is 0. The molecule has 0 spiro atoms. The SMILES string of the molecule is ClC1C=CC=C1.[Hg+2]. The van der Waals surface area contributed by atoms with E-state index in [9.17, 15) is 0 Å². The van der Waals surface area contributed by atoms with Crippen LogP contribution in [0.5, 0.6) is 0 Å². The van der Waals surface area contributed by atoms with Crippen molar-refractivity contribution in [2.75, 3.05) is 0 Å². The Bertz CT molecular complexity index is 84.3. The molecule has 2 heteroatoms. The average Bonchev–Trinajstić information content (AvgIpc) is 1.86. The molecule has 0 atom stereocenters. The first kappa shape index (κ1) is 7.71. The molecule has 0 saturated heterocycles. The number of alkyl halides is 1. The number of hydrogen-bond acceptors (Lipinski definition) is 0. The summed E-state index contributed by atoms with van der Waals surface area (Å²) in [6.07, 6.45) is 7.75. The minimum Gasteiger partial charge on any atom is -0.114 e. The van der Waals surface area contributed by atoms with E-state index in [2.05, 4.69) is 0 Å². The molecule has 0 aromatic heterocycles. The van der Waals surface area contributed by atoms with Gasteiger partial charge in [0.05, 0.1) is 5.38 Å². The first-order valence-corrected chi connectivity index (χ1v) is 2.32. The van der Waals surface area contributed by atoms with E-state index in [1.54, 1.807) is 0 Å². The van der Waals surface area contributed by atoms with E-state index in [4.69, 9.17) is 11.6 Å². The van der Waals surface area contributed by atoms with Gasteiger partial charge in [0.25, 0.3) is 0 Å². The van der Waals surface area contributed by atoms with E-state index >= 15 is 0 Å². The van der Waals surface area contributed by atoms with Gasteiger partial charge in [0, 0.05) is 0 Å². The number of allylic oxidation sites excluding steroid dienone is 4. The Labute approximate surface area is 68.7 Å². The molecule has 0 amide bonds. The Morgan fingerprint density at radius 3 is 1.71 bits per heavy atom. The molecule has 0 aromatic rings. The zero-order chi connectivity index (χ0) is 4.41. The van der Waals surface area contributed by atoms with E-state index in [1.807, 2.05) is 24.3 Å². The molecule has 0 unspecified atom stereocenters. The molecule has 7 heavy (non-hydrogen) atoms. The molecule has 32 valence electrons. The van der Waals surface area contributed by atoms with Gasteiger partial charge in [-0.05, 0) is 0 Å². The Morgan fingerprint density at radius 2 is 1.57 bits per heavy atom. The van der Waals surface area contributed by atoms with Gasteiger partial charge in [0.1, 0.15) is 0 Å². The Morgan fingerprint density at radius 1 is 1.14 bits per heavy atom. The zero-order valence-corrected chi connectivity index (χ0v) is 10.2. The van der Waals surface area contributed by atoms with Gasteiger partial charge >= 0.3 is 27.7 Å². The summed E-state index contributed by atoms with van der Waals surface area (Å²) in [5.41, 5.74) is 0. The summed E-state index contributed by atoms with van der Waals surface area (Å²) in [4.78, 5) is 0. The quantitative estimate of drug-likeness (QED) is 0.472. The summed E-state index contributed by atoms with van der Waals surface area (Å²) in [6, 6.07) is 0. The maximum absolute atomic E-state index is 5.54. The maximum Gasteiger partial charge on any atom is 2.00 e. The molecule has 1 aliphatic rings. The normalized spacial score (nSPS) is 17.3. The molecule has 1 rings (SSSR count). The fraction of sp³-hybridized carbons (Fsp3) is 0.200. The van der Waals surface area contributed by atoms with Crippen LogP contribution < -0.4 is 0 Å². The van der Waals surface area contributed by atoms with Crippen LogP contribution in [0.25, 0.3) is 0 Å². The fourth-order valence-electron chi connectivity index (χ4n) is 0.405. The van der Waals surface area contributed by atoms with Crippen LogP contribution in [0.2, 0.25) is 0 Å². The third-order valence-electron chi connectivity index (χ3n) is 0.701. The first-order chi connectivity index (χ1) is 2.89. The predicted molar refractivity (Wildman–Crippen MR) is 27.9 cm³/mol. The monoisotopic (exact) mass is 302 g/mol. The Balaban J connectivity index is 0.000000360. The summed E-state index contributed by atoms with van der Waals surface area (Å²) < 4.78 is 0. The second-order valence-electron chi connectivity index (χ2n) is 1.21. The topological polar surface area (TPSA) is 0 Å². The van der Waals surface area contributed by atoms with E-state index in [0.717, 1.165) is 0 Å². The summed E-state index contributed by atoms with van der Waals surface area (Å²) in [7, 11) is 0. The second-order valence-corrected chi connectivity index (χ2v) is 1.72. The third-order valence-corrected chi connectivity index (χ3v) is 0.992. The fourth-order valence-corrected chi connectivity index (χ4v) is 0.573. The van der Waals surface area contributed by atoms with E-state index < -0.39 is 0 Å². The molecule has 0 bridgehead atoms. The van der Waals surface area contributed by atoms with Crippen molar-refractivity contribution in [3.05, 3.63) is 24.3 Å². The van der Waals surface area contributed by atoms with Crippen LogP contribution in [0.4, 0.5) is 0 Å². The van der Waals surface area contributed by atoms with Crippen molar-refractivity contribution >= 4 is 11.6 Å². The third kappa shape index (κ3) is 2.50. The van der Waals surface area contributed by atoms with Crippen LogP contribution >= 0.6 is 11.6 Å². The van der Waals surface area contributed by atoms with Crippen LogP contribution in [-0.4, -0.2) is 5.38 Å². The average molecular weight is 301 g/mol. The maximum atomic E-state index is 5.54. The minimum atomic E-state index is 0. The standard InChI is InChI=1S/C5H5Cl.Hg/c6-5-3-1-2-4-5;/h1-5H;/q;+2. The first-order valence-electron chi connectivity index (χ1n) is 1.88. The van der Waals surface area contributed by atoms with Crippen molar-refractivity contribution in [3.8, 4) is 0 Å². The van der Waals surface area contributed by atoms with Gasteiger partial charge in [0.2, 0.25) is 0 Å². The van der Waals surface area contributed by atoms with Crippen LogP contribution in [-0.2, 0) is 27.7 Å². The van der Waals surface area contributed by atoms with Gasteiger partial charge in [-0.3, -0.25) is 0 Å². The van der Waals surface area contributed by atoms with Crippen molar-refractivity contribution in [3.63, 3.8) is 0 Å². The minimum absolute atomic E-state index is 0. The van der Waals surface area contributed by atoms with Crippen LogP contribution in [0, 0.1) is 0 Å². The van der Waals surface area contributed by atoms with Crippen molar-refractivity contribution in [2.45, 2.75) is 5.38 Å². The van der Waals surface area contributed by atoms with Crippen molar-refractivity contribution < 1.29 is 27.7 Å². The molecule has 0 heterocycles. The molecule has 0 saturated carbocycles. The smallest absolute Gasteiger partial charge is 0.114 e. The van der Waals surface area contributed by atoms with E-state index in [1.165, 1.54) is 0 Å². The Kier molecular flexibility index (Phi) is 4.05. The van der Waals surface area contributed by atoms with Crippen LogP contribution in [0.1, 0.15) is 0 Å². The zero-order valence-electron chi connectivity index (χ0n) is 3.97. The molecule has 1 aliphatic carbocycles. The van der Waals surface area contributed by atoms with Gasteiger partial charge in [0.15, 0.2) is 0 Å². The van der Waals surface area contributed by atoms with Crippen LogP contribution in [0.3, 0.4) is 0 Å². The van der Waals surface area contributed by atoms with Crippen molar-refractivity contribution in [2.24, 2.45) is 0 Å². The molecule has 0 N–H and O–H groups in total. The molecule has 0 fully saturated rings. The van der Waals surface area contributed by atoms with E-state index in [0.29, 0.717) is 0 Å². The van der Waals surface area contributed by atoms with Crippen molar-refractivity contribution in [1.29, 1.82) is 0 Å². The summed E-state index contributed by atoms with van der Waals surface area (Å²) in [5, 5.41) is 0.157. The predicted octanol–water partition coefficient (Wildman–Crippen LogP) is 1.72. The number of rotatable bonds is 0. The molecule has 0 aromatic carbocycles. The van der Waals surface area contributed by atoms with Gasteiger partial charge in [-0.2, -0.15) is 0 Å². The molecular weight excluding hydrogens is 296 g/mol. The van der Waals surface area contributed by atoms with Gasteiger partial charge in [-0.25, -0.2) is 0 Å². The Hall–Kier alpha value is 0.705. The molecular formula is C5H5ClHg+2. The number of halogens is 1. The second kappa shape index (κ2) is 3.68. The van der Waals surface area contributed by atoms with Gasteiger partial charge < -0.3 is 0 Å². The molecule has 0 radical (unpaired) electrons. The largest absolute Gasteiger partial charge is 2.00 e. The molecule has 0 aliphatic heterocycles. The van der Waals surface area contributed by atoms with E-state index in [-0.39, 0.29) is 33.0 Å². The summed E-state index contributed by atoms with van der Waals surface area (Å²) in [6.45, 7) is 0.